The Labute approximate surface area is 108 Å². The van der Waals surface area contributed by atoms with E-state index >= 15 is 0 Å². The molecule has 1 atom stereocenters. The molecule has 0 aliphatic carbocycles. The maximum absolute atomic E-state index is 9.23. The number of benzene rings is 1. The first-order valence-electron chi connectivity index (χ1n) is 4.93. The number of anilines is 1. The monoisotopic (exact) mass is 300 g/mol. The van der Waals surface area contributed by atoms with Crippen LogP contribution in [-0.4, -0.2) is 36.6 Å². The Balaban J connectivity index is 2.97. The van der Waals surface area contributed by atoms with Crippen molar-refractivity contribution >= 4 is 21.6 Å². The lowest BCUT2D eigenvalue weighted by Crippen LogP contribution is -2.23. The van der Waals surface area contributed by atoms with Crippen LogP contribution in [-0.2, 0) is 0 Å². The maximum atomic E-state index is 9.23. The van der Waals surface area contributed by atoms with E-state index in [0.717, 1.165) is 0 Å². The molecule has 1 aromatic carbocycles. The predicted octanol–water partition coefficient (Wildman–Crippen LogP) is 1.09. The first-order chi connectivity index (χ1) is 8.13. The van der Waals surface area contributed by atoms with E-state index in [2.05, 4.69) is 21.2 Å². The minimum Gasteiger partial charge on any atom is -0.494 e. The van der Waals surface area contributed by atoms with Crippen LogP contribution in [0.15, 0.2) is 16.6 Å². The van der Waals surface area contributed by atoms with Crippen molar-refractivity contribution in [3.63, 3.8) is 0 Å². The highest BCUT2D eigenvalue weighted by Crippen LogP contribution is 2.33. The third-order valence-electron chi connectivity index (χ3n) is 2.16. The lowest BCUT2D eigenvalue weighted by molar-refractivity contribution is 0.105. The average molecular weight is 301 g/mol. The van der Waals surface area contributed by atoms with Crippen LogP contribution >= 0.6 is 15.9 Å². The smallest absolute Gasteiger partial charge is 0.152 e. The summed E-state index contributed by atoms with van der Waals surface area (Å²) in [4.78, 5) is 0. The molecule has 0 bridgehead atoms. The van der Waals surface area contributed by atoms with Crippen LogP contribution in [0.1, 0.15) is 5.56 Å². The van der Waals surface area contributed by atoms with Crippen molar-refractivity contribution in [1.29, 1.82) is 5.26 Å². The van der Waals surface area contributed by atoms with Gasteiger partial charge < -0.3 is 20.3 Å². The normalized spacial score (nSPS) is 11.7. The summed E-state index contributed by atoms with van der Waals surface area (Å²) >= 11 is 3.28. The lowest BCUT2D eigenvalue weighted by Gasteiger charge is -2.14. The Morgan fingerprint density at radius 3 is 2.82 bits per heavy atom. The van der Waals surface area contributed by atoms with Gasteiger partial charge >= 0.3 is 0 Å². The molecule has 0 spiro atoms. The minimum absolute atomic E-state index is 0.163. The Kier molecular flexibility index (Phi) is 5.22. The Bertz CT molecular complexity index is 431. The number of nitriles is 1. The standard InChI is InChI=1S/C11H13BrN2O3/c1-17-11-8(4-13)10(3-2-9(11)12)14-5-7(16)6-15/h2-3,7,14-16H,5-6H2,1H3. The zero-order valence-electron chi connectivity index (χ0n) is 9.27. The van der Waals surface area contributed by atoms with Gasteiger partial charge in [0, 0.05) is 6.54 Å². The summed E-state index contributed by atoms with van der Waals surface area (Å²) < 4.78 is 5.80. The van der Waals surface area contributed by atoms with Gasteiger partial charge in [-0.15, -0.1) is 0 Å². The predicted molar refractivity (Wildman–Crippen MR) is 67.0 cm³/mol. The molecule has 1 unspecified atom stereocenters. The molecule has 92 valence electrons. The van der Waals surface area contributed by atoms with Crippen LogP contribution in [0.25, 0.3) is 0 Å². The van der Waals surface area contributed by atoms with E-state index in [-0.39, 0.29) is 13.2 Å². The molecule has 0 aliphatic rings. The van der Waals surface area contributed by atoms with Gasteiger partial charge in [-0.25, -0.2) is 0 Å². The average Bonchev–Trinajstić information content (AvgIpc) is 2.36. The van der Waals surface area contributed by atoms with Gasteiger partial charge in [0.15, 0.2) is 5.75 Å². The van der Waals surface area contributed by atoms with Crippen LogP contribution in [0.4, 0.5) is 5.69 Å². The highest BCUT2D eigenvalue weighted by atomic mass is 79.9. The van der Waals surface area contributed by atoms with Crippen molar-refractivity contribution in [1.82, 2.24) is 0 Å². The zero-order valence-corrected chi connectivity index (χ0v) is 10.9. The minimum atomic E-state index is -0.865. The Morgan fingerprint density at radius 2 is 2.29 bits per heavy atom. The second kappa shape index (κ2) is 6.45. The summed E-state index contributed by atoms with van der Waals surface area (Å²) in [7, 11) is 1.48. The summed E-state index contributed by atoms with van der Waals surface area (Å²) in [6, 6.07) is 5.48. The van der Waals surface area contributed by atoms with Crippen molar-refractivity contribution in [2.24, 2.45) is 0 Å². The van der Waals surface area contributed by atoms with E-state index in [1.165, 1.54) is 7.11 Å². The quantitative estimate of drug-likeness (QED) is 0.758. The van der Waals surface area contributed by atoms with Gasteiger partial charge in [0.05, 0.1) is 30.0 Å². The van der Waals surface area contributed by atoms with Crippen LogP contribution in [0.2, 0.25) is 0 Å². The number of halogens is 1. The molecule has 17 heavy (non-hydrogen) atoms. The number of rotatable bonds is 5. The van der Waals surface area contributed by atoms with E-state index in [0.29, 0.717) is 21.5 Å². The van der Waals surface area contributed by atoms with E-state index in [1.807, 2.05) is 6.07 Å². The van der Waals surface area contributed by atoms with E-state index in [1.54, 1.807) is 12.1 Å². The van der Waals surface area contributed by atoms with E-state index in [4.69, 9.17) is 15.1 Å². The molecular formula is C11H13BrN2O3. The number of nitrogens with zero attached hydrogens (tertiary/aromatic N) is 1. The Morgan fingerprint density at radius 1 is 1.59 bits per heavy atom. The van der Waals surface area contributed by atoms with Gasteiger partial charge in [-0.3, -0.25) is 0 Å². The molecule has 0 amide bonds. The van der Waals surface area contributed by atoms with Gasteiger partial charge in [-0.2, -0.15) is 5.26 Å². The van der Waals surface area contributed by atoms with Gasteiger partial charge in [0.1, 0.15) is 11.6 Å². The van der Waals surface area contributed by atoms with Crippen molar-refractivity contribution in [3.05, 3.63) is 22.2 Å². The van der Waals surface area contributed by atoms with Crippen molar-refractivity contribution in [3.8, 4) is 11.8 Å². The SMILES string of the molecule is COc1c(Br)ccc(NCC(O)CO)c1C#N. The summed E-state index contributed by atoms with van der Waals surface area (Å²) in [5.74, 6) is 0.441. The second-order valence-corrected chi connectivity index (χ2v) is 4.19. The zero-order chi connectivity index (χ0) is 12.8. The van der Waals surface area contributed by atoms with Crippen LogP contribution in [0.3, 0.4) is 0 Å². The molecule has 0 fully saturated rings. The van der Waals surface area contributed by atoms with Crippen LogP contribution < -0.4 is 10.1 Å². The Hall–Kier alpha value is -1.29. The highest BCUT2D eigenvalue weighted by molar-refractivity contribution is 9.10. The molecule has 0 aromatic heterocycles. The molecule has 0 heterocycles. The third kappa shape index (κ3) is 3.33. The topological polar surface area (TPSA) is 85.5 Å². The van der Waals surface area contributed by atoms with E-state index in [9.17, 15) is 5.11 Å². The van der Waals surface area contributed by atoms with E-state index < -0.39 is 6.10 Å². The second-order valence-electron chi connectivity index (χ2n) is 3.33. The van der Waals surface area contributed by atoms with Gasteiger partial charge in [-0.05, 0) is 28.1 Å². The number of methoxy groups -OCH3 is 1. The van der Waals surface area contributed by atoms with Crippen molar-refractivity contribution < 1.29 is 14.9 Å². The number of hydrogen-bond acceptors (Lipinski definition) is 5. The molecule has 0 radical (unpaired) electrons. The van der Waals surface area contributed by atoms with Crippen LogP contribution in [0.5, 0.6) is 5.75 Å². The third-order valence-corrected chi connectivity index (χ3v) is 2.79. The summed E-state index contributed by atoms with van der Waals surface area (Å²) in [5, 5.41) is 29.9. The first kappa shape index (κ1) is 13.8. The molecule has 0 saturated heterocycles. The maximum Gasteiger partial charge on any atom is 0.152 e. The number of ether oxygens (including phenoxy) is 1. The van der Waals surface area contributed by atoms with Crippen LogP contribution in [0, 0.1) is 11.3 Å². The largest absolute Gasteiger partial charge is 0.494 e. The number of aliphatic hydroxyl groups is 2. The van der Waals surface area contributed by atoms with Gasteiger partial charge in [0.2, 0.25) is 0 Å². The fourth-order valence-electron chi connectivity index (χ4n) is 1.31. The number of nitrogens with one attached hydrogen (secondary N) is 1. The highest BCUT2D eigenvalue weighted by Gasteiger charge is 2.13. The summed E-state index contributed by atoms with van der Waals surface area (Å²) in [5.41, 5.74) is 0.909. The molecule has 1 rings (SSSR count). The molecule has 3 N–H and O–H groups in total. The molecule has 6 heteroatoms. The lowest BCUT2D eigenvalue weighted by atomic mass is 10.1. The van der Waals surface area contributed by atoms with Gasteiger partial charge in [-0.1, -0.05) is 0 Å². The molecule has 0 saturated carbocycles. The number of aliphatic hydroxyl groups excluding tert-OH is 2. The number of hydrogen-bond donors (Lipinski definition) is 3. The molecule has 1 aromatic rings. The molecule has 5 nitrogen and oxygen atoms in total. The van der Waals surface area contributed by atoms with Gasteiger partial charge in [0.25, 0.3) is 0 Å². The fraction of sp³-hybridized carbons (Fsp3) is 0.364. The fourth-order valence-corrected chi connectivity index (χ4v) is 1.80. The molecule has 0 aliphatic heterocycles. The van der Waals surface area contributed by atoms with Crippen molar-refractivity contribution in [2.45, 2.75) is 6.10 Å². The molecular weight excluding hydrogens is 288 g/mol. The van der Waals surface area contributed by atoms with Crippen molar-refractivity contribution in [2.75, 3.05) is 25.6 Å². The summed E-state index contributed by atoms with van der Waals surface area (Å²) in [6.07, 6.45) is -0.865. The summed E-state index contributed by atoms with van der Waals surface area (Å²) in [6.45, 7) is -0.168. The first-order valence-corrected chi connectivity index (χ1v) is 5.72.